The van der Waals surface area contributed by atoms with Gasteiger partial charge in [0.15, 0.2) is 0 Å². The zero-order chi connectivity index (χ0) is 9.14. The van der Waals surface area contributed by atoms with Crippen LogP contribution in [0.25, 0.3) is 0 Å². The normalized spacial score (nSPS) is 13.0. The zero-order valence-corrected chi connectivity index (χ0v) is 8.01. The molecule has 1 aromatic rings. The van der Waals surface area contributed by atoms with Crippen molar-refractivity contribution in [3.8, 4) is 0 Å². The van der Waals surface area contributed by atoms with Gasteiger partial charge in [-0.2, -0.15) is 0 Å². The van der Waals surface area contributed by atoms with E-state index in [0.29, 0.717) is 12.1 Å². The molecule has 0 radical (unpaired) electrons. The molecule has 0 unspecified atom stereocenters. The van der Waals surface area contributed by atoms with Crippen molar-refractivity contribution in [2.75, 3.05) is 6.54 Å². The average Bonchev–Trinajstić information content (AvgIpc) is 2.08. The zero-order valence-electron chi connectivity index (χ0n) is 6.43. The summed E-state index contributed by atoms with van der Waals surface area (Å²) in [5.74, 6) is -0.294. The highest BCUT2D eigenvalue weighted by Crippen LogP contribution is 2.22. The van der Waals surface area contributed by atoms with Crippen LogP contribution in [-0.4, -0.2) is 6.54 Å². The molecule has 0 aliphatic rings. The molecule has 2 nitrogen and oxygen atoms in total. The maximum absolute atomic E-state index is 12.7. The molecule has 0 bridgehead atoms. The van der Waals surface area contributed by atoms with Crippen LogP contribution in [0.3, 0.4) is 0 Å². The quantitative estimate of drug-likeness (QED) is 0.814. The lowest BCUT2D eigenvalue weighted by molar-refractivity contribution is 0.619. The summed E-state index contributed by atoms with van der Waals surface area (Å²) in [5, 5.41) is 0. The summed E-state index contributed by atoms with van der Waals surface area (Å²) in [4.78, 5) is 0. The van der Waals surface area contributed by atoms with Crippen molar-refractivity contribution < 1.29 is 4.39 Å². The second kappa shape index (κ2) is 3.98. The van der Waals surface area contributed by atoms with Gasteiger partial charge >= 0.3 is 0 Å². The summed E-state index contributed by atoms with van der Waals surface area (Å²) in [7, 11) is 0. The molecular weight excluding hydrogens is 223 g/mol. The molecule has 1 aromatic carbocycles. The number of nitrogens with two attached hydrogens (primary N) is 2. The number of halogens is 2. The first-order chi connectivity index (χ1) is 5.65. The van der Waals surface area contributed by atoms with Crippen LogP contribution in [0.4, 0.5) is 4.39 Å². The van der Waals surface area contributed by atoms with Gasteiger partial charge < -0.3 is 11.5 Å². The molecule has 12 heavy (non-hydrogen) atoms. The van der Waals surface area contributed by atoms with E-state index in [1.54, 1.807) is 6.07 Å². The highest BCUT2D eigenvalue weighted by molar-refractivity contribution is 9.10. The molecule has 0 aliphatic heterocycles. The van der Waals surface area contributed by atoms with Gasteiger partial charge in [0.2, 0.25) is 0 Å². The maximum Gasteiger partial charge on any atom is 0.123 e. The molecule has 1 rings (SSSR count). The predicted octanol–water partition coefficient (Wildman–Crippen LogP) is 1.55. The van der Waals surface area contributed by atoms with Crippen LogP contribution in [-0.2, 0) is 0 Å². The molecule has 0 saturated heterocycles. The monoisotopic (exact) mass is 232 g/mol. The Kier molecular flexibility index (Phi) is 3.20. The minimum absolute atomic E-state index is 0.294. The van der Waals surface area contributed by atoms with Gasteiger partial charge in [-0.15, -0.1) is 0 Å². The lowest BCUT2D eigenvalue weighted by Crippen LogP contribution is -2.21. The van der Waals surface area contributed by atoms with E-state index in [0.717, 1.165) is 4.47 Å². The largest absolute Gasteiger partial charge is 0.329 e. The summed E-state index contributed by atoms with van der Waals surface area (Å²) in [6.45, 7) is 0.308. The van der Waals surface area contributed by atoms with E-state index in [1.807, 2.05) is 0 Å². The Balaban J connectivity index is 3.04. The predicted molar refractivity (Wildman–Crippen MR) is 50.1 cm³/mol. The van der Waals surface area contributed by atoms with Gasteiger partial charge in [0.1, 0.15) is 5.82 Å². The Morgan fingerprint density at radius 3 is 2.75 bits per heavy atom. The number of hydrogen-bond acceptors (Lipinski definition) is 2. The smallest absolute Gasteiger partial charge is 0.123 e. The fourth-order valence-electron chi connectivity index (χ4n) is 0.926. The van der Waals surface area contributed by atoms with Gasteiger partial charge in [-0.1, -0.05) is 15.9 Å². The van der Waals surface area contributed by atoms with Crippen molar-refractivity contribution in [2.45, 2.75) is 6.04 Å². The van der Waals surface area contributed by atoms with Crippen molar-refractivity contribution in [1.29, 1.82) is 0 Å². The van der Waals surface area contributed by atoms with E-state index in [1.165, 1.54) is 12.1 Å². The number of hydrogen-bond donors (Lipinski definition) is 2. The summed E-state index contributed by atoms with van der Waals surface area (Å²) >= 11 is 3.27. The van der Waals surface area contributed by atoms with E-state index in [-0.39, 0.29) is 11.9 Å². The Labute approximate surface area is 78.9 Å². The highest BCUT2D eigenvalue weighted by Gasteiger charge is 2.08. The van der Waals surface area contributed by atoms with E-state index >= 15 is 0 Å². The Morgan fingerprint density at radius 1 is 1.50 bits per heavy atom. The first-order valence-electron chi connectivity index (χ1n) is 3.55. The van der Waals surface area contributed by atoms with E-state index < -0.39 is 0 Å². The highest BCUT2D eigenvalue weighted by atomic mass is 79.9. The molecule has 0 spiro atoms. The molecule has 66 valence electrons. The molecule has 0 fully saturated rings. The maximum atomic E-state index is 12.7. The standard InChI is InChI=1S/C8H10BrFN2/c9-7-2-1-5(10)3-6(7)8(12)4-11/h1-3,8H,4,11-12H2/t8-/m1/s1. The lowest BCUT2D eigenvalue weighted by Gasteiger charge is -2.10. The van der Waals surface area contributed by atoms with Crippen LogP contribution in [0.5, 0.6) is 0 Å². The van der Waals surface area contributed by atoms with E-state index in [9.17, 15) is 4.39 Å². The first-order valence-corrected chi connectivity index (χ1v) is 4.35. The Bertz CT molecular complexity index is 278. The number of rotatable bonds is 2. The second-order valence-corrected chi connectivity index (χ2v) is 3.36. The van der Waals surface area contributed by atoms with E-state index in [4.69, 9.17) is 11.5 Å². The average molecular weight is 233 g/mol. The topological polar surface area (TPSA) is 52.0 Å². The third-order valence-corrected chi connectivity index (χ3v) is 2.33. The minimum atomic E-state index is -0.310. The van der Waals surface area contributed by atoms with E-state index in [2.05, 4.69) is 15.9 Å². The van der Waals surface area contributed by atoms with Gasteiger partial charge in [-0.25, -0.2) is 4.39 Å². The molecule has 0 amide bonds. The summed E-state index contributed by atoms with van der Waals surface area (Å²) in [6, 6.07) is 4.08. The second-order valence-electron chi connectivity index (χ2n) is 2.51. The molecule has 0 aliphatic carbocycles. The van der Waals surface area contributed by atoms with Crippen molar-refractivity contribution in [2.24, 2.45) is 11.5 Å². The summed E-state index contributed by atoms with van der Waals surface area (Å²) in [6.07, 6.45) is 0. The van der Waals surface area contributed by atoms with Crippen LogP contribution >= 0.6 is 15.9 Å². The van der Waals surface area contributed by atoms with Crippen LogP contribution in [0, 0.1) is 5.82 Å². The van der Waals surface area contributed by atoms with Crippen LogP contribution in [0.15, 0.2) is 22.7 Å². The molecule has 0 aromatic heterocycles. The van der Waals surface area contributed by atoms with Gasteiger partial charge in [0, 0.05) is 17.1 Å². The van der Waals surface area contributed by atoms with Crippen molar-refractivity contribution in [3.05, 3.63) is 34.1 Å². The molecule has 0 heterocycles. The first kappa shape index (κ1) is 9.64. The third-order valence-electron chi connectivity index (χ3n) is 1.61. The van der Waals surface area contributed by atoms with Crippen molar-refractivity contribution in [1.82, 2.24) is 0 Å². The van der Waals surface area contributed by atoms with Gasteiger partial charge in [-0.3, -0.25) is 0 Å². The fraction of sp³-hybridized carbons (Fsp3) is 0.250. The summed E-state index contributed by atoms with van der Waals surface area (Å²) < 4.78 is 13.5. The fourth-order valence-corrected chi connectivity index (χ4v) is 1.47. The minimum Gasteiger partial charge on any atom is -0.329 e. The van der Waals surface area contributed by atoms with Crippen LogP contribution in [0.1, 0.15) is 11.6 Å². The molecule has 0 saturated carbocycles. The molecule has 4 N–H and O–H groups in total. The van der Waals surface area contributed by atoms with Crippen LogP contribution in [0.2, 0.25) is 0 Å². The molecule has 1 atom stereocenters. The van der Waals surface area contributed by atoms with Crippen LogP contribution < -0.4 is 11.5 Å². The van der Waals surface area contributed by atoms with Gasteiger partial charge in [0.25, 0.3) is 0 Å². The number of benzene rings is 1. The van der Waals surface area contributed by atoms with Crippen molar-refractivity contribution in [3.63, 3.8) is 0 Å². The van der Waals surface area contributed by atoms with Gasteiger partial charge in [0.05, 0.1) is 0 Å². The molecular formula is C8H10BrFN2. The summed E-state index contributed by atoms with van der Waals surface area (Å²) in [5.41, 5.74) is 11.7. The SMILES string of the molecule is NC[C@@H](N)c1cc(F)ccc1Br. The Morgan fingerprint density at radius 2 is 2.17 bits per heavy atom. The van der Waals surface area contributed by atoms with Gasteiger partial charge in [-0.05, 0) is 23.8 Å². The van der Waals surface area contributed by atoms with Crippen molar-refractivity contribution >= 4 is 15.9 Å². The third kappa shape index (κ3) is 2.03. The lowest BCUT2D eigenvalue weighted by atomic mass is 10.1. The Hall–Kier alpha value is -0.450. The molecule has 4 heteroatoms.